The van der Waals surface area contributed by atoms with Gasteiger partial charge in [0.15, 0.2) is 0 Å². The lowest BCUT2D eigenvalue weighted by atomic mass is 10.0. The normalized spacial score (nSPS) is 22.4. The molecule has 1 aromatic carbocycles. The third kappa shape index (κ3) is 3.55. The van der Waals surface area contributed by atoms with Gasteiger partial charge in [-0.1, -0.05) is 31.2 Å². The first kappa shape index (κ1) is 12.6. The van der Waals surface area contributed by atoms with E-state index >= 15 is 0 Å². The molecule has 1 heterocycles. The number of hydrogen-bond acceptors (Lipinski definition) is 2. The van der Waals surface area contributed by atoms with Gasteiger partial charge < -0.3 is 5.32 Å². The summed E-state index contributed by atoms with van der Waals surface area (Å²) in [6, 6.07) is 9.51. The van der Waals surface area contributed by atoms with Crippen LogP contribution < -0.4 is 5.32 Å². The van der Waals surface area contributed by atoms with Crippen molar-refractivity contribution < 1.29 is 0 Å². The first-order valence-corrected chi connectivity index (χ1v) is 6.82. The van der Waals surface area contributed by atoms with E-state index < -0.39 is 0 Å². The molecular weight excluding hydrogens is 208 g/mol. The van der Waals surface area contributed by atoms with Crippen molar-refractivity contribution in [3.05, 3.63) is 35.4 Å². The van der Waals surface area contributed by atoms with Crippen molar-refractivity contribution in [3.63, 3.8) is 0 Å². The van der Waals surface area contributed by atoms with Gasteiger partial charge in [-0.15, -0.1) is 0 Å². The van der Waals surface area contributed by atoms with Gasteiger partial charge in [-0.05, 0) is 30.9 Å². The molecular formula is C15H24N2. The summed E-state index contributed by atoms with van der Waals surface area (Å²) >= 11 is 0. The second-order valence-corrected chi connectivity index (χ2v) is 5.04. The van der Waals surface area contributed by atoms with Crippen LogP contribution in [0.15, 0.2) is 24.3 Å². The molecule has 2 rings (SSSR count). The van der Waals surface area contributed by atoms with Gasteiger partial charge in [-0.2, -0.15) is 0 Å². The molecule has 0 spiro atoms. The monoisotopic (exact) mass is 232 g/mol. The van der Waals surface area contributed by atoms with Crippen LogP contribution in [0.25, 0.3) is 0 Å². The minimum atomic E-state index is 0.668. The Balaban J connectivity index is 1.99. The molecule has 0 bridgehead atoms. The van der Waals surface area contributed by atoms with E-state index in [0.29, 0.717) is 6.04 Å². The van der Waals surface area contributed by atoms with E-state index in [-0.39, 0.29) is 0 Å². The van der Waals surface area contributed by atoms with Crippen LogP contribution in [0.1, 0.15) is 31.4 Å². The fraction of sp³-hybridized carbons (Fsp3) is 0.600. The molecule has 17 heavy (non-hydrogen) atoms. The van der Waals surface area contributed by atoms with Crippen molar-refractivity contribution in [3.8, 4) is 0 Å². The summed E-state index contributed by atoms with van der Waals surface area (Å²) in [7, 11) is 0. The number of nitrogens with one attached hydrogen (secondary N) is 1. The second kappa shape index (κ2) is 6.18. The van der Waals surface area contributed by atoms with Crippen LogP contribution in [-0.4, -0.2) is 30.6 Å². The summed E-state index contributed by atoms with van der Waals surface area (Å²) in [5, 5.41) is 3.55. The lowest BCUT2D eigenvalue weighted by Gasteiger charge is -2.21. The molecule has 1 atom stereocenters. The van der Waals surface area contributed by atoms with Crippen molar-refractivity contribution in [1.29, 1.82) is 0 Å². The van der Waals surface area contributed by atoms with E-state index in [2.05, 4.69) is 48.3 Å². The SMILES string of the molecule is CCc1ccccc1CN1CCNC(C)CC1. The van der Waals surface area contributed by atoms with E-state index in [4.69, 9.17) is 0 Å². The van der Waals surface area contributed by atoms with Crippen molar-refractivity contribution >= 4 is 0 Å². The molecule has 0 aromatic heterocycles. The van der Waals surface area contributed by atoms with Crippen LogP contribution in [0.4, 0.5) is 0 Å². The first-order valence-electron chi connectivity index (χ1n) is 6.82. The lowest BCUT2D eigenvalue weighted by molar-refractivity contribution is 0.282. The molecule has 94 valence electrons. The van der Waals surface area contributed by atoms with Crippen LogP contribution in [0, 0.1) is 0 Å². The van der Waals surface area contributed by atoms with E-state index in [9.17, 15) is 0 Å². The second-order valence-electron chi connectivity index (χ2n) is 5.04. The maximum atomic E-state index is 3.55. The van der Waals surface area contributed by atoms with Crippen LogP contribution in [0.5, 0.6) is 0 Å². The van der Waals surface area contributed by atoms with Gasteiger partial charge in [0.1, 0.15) is 0 Å². The highest BCUT2D eigenvalue weighted by atomic mass is 15.2. The van der Waals surface area contributed by atoms with E-state index in [1.807, 2.05) is 0 Å². The molecule has 0 aliphatic carbocycles. The summed E-state index contributed by atoms with van der Waals surface area (Å²) in [4.78, 5) is 2.57. The fourth-order valence-corrected chi connectivity index (χ4v) is 2.51. The summed E-state index contributed by atoms with van der Waals surface area (Å²) in [6.07, 6.45) is 2.40. The first-order chi connectivity index (χ1) is 8.29. The third-order valence-electron chi connectivity index (χ3n) is 3.69. The number of rotatable bonds is 3. The third-order valence-corrected chi connectivity index (χ3v) is 3.69. The Hall–Kier alpha value is -0.860. The smallest absolute Gasteiger partial charge is 0.0237 e. The van der Waals surface area contributed by atoms with Crippen LogP contribution in [0.3, 0.4) is 0 Å². The van der Waals surface area contributed by atoms with Gasteiger partial charge in [0.05, 0.1) is 0 Å². The van der Waals surface area contributed by atoms with Crippen molar-refractivity contribution in [2.24, 2.45) is 0 Å². The van der Waals surface area contributed by atoms with Crippen LogP contribution >= 0.6 is 0 Å². The van der Waals surface area contributed by atoms with E-state index in [1.165, 1.54) is 30.6 Å². The molecule has 0 saturated carbocycles. The van der Waals surface area contributed by atoms with Gasteiger partial charge in [0, 0.05) is 32.2 Å². The topological polar surface area (TPSA) is 15.3 Å². The molecule has 1 saturated heterocycles. The maximum absolute atomic E-state index is 3.55. The Bertz CT molecular complexity index is 349. The Kier molecular flexibility index (Phi) is 4.57. The summed E-state index contributed by atoms with van der Waals surface area (Å²) in [5.41, 5.74) is 3.00. The largest absolute Gasteiger partial charge is 0.313 e. The molecule has 2 nitrogen and oxygen atoms in total. The van der Waals surface area contributed by atoms with Gasteiger partial charge in [0.25, 0.3) is 0 Å². The molecule has 1 unspecified atom stereocenters. The number of benzene rings is 1. The van der Waals surface area contributed by atoms with Gasteiger partial charge in [-0.3, -0.25) is 4.90 Å². The van der Waals surface area contributed by atoms with Crippen molar-refractivity contribution in [2.75, 3.05) is 19.6 Å². The van der Waals surface area contributed by atoms with Crippen molar-refractivity contribution in [1.82, 2.24) is 10.2 Å². The summed E-state index contributed by atoms with van der Waals surface area (Å²) in [5.74, 6) is 0. The van der Waals surface area contributed by atoms with Crippen molar-refractivity contribution in [2.45, 2.75) is 39.3 Å². The average molecular weight is 232 g/mol. The standard InChI is InChI=1S/C15H24N2/c1-3-14-6-4-5-7-15(14)12-17-10-8-13(2)16-9-11-17/h4-7,13,16H,3,8-12H2,1-2H3. The molecule has 1 fully saturated rings. The van der Waals surface area contributed by atoms with Gasteiger partial charge >= 0.3 is 0 Å². The lowest BCUT2D eigenvalue weighted by Crippen LogP contribution is -2.29. The zero-order valence-corrected chi connectivity index (χ0v) is 11.1. The minimum absolute atomic E-state index is 0.668. The molecule has 0 amide bonds. The number of aryl methyl sites for hydroxylation is 1. The number of hydrogen-bond donors (Lipinski definition) is 1. The molecule has 1 aliphatic heterocycles. The fourth-order valence-electron chi connectivity index (χ4n) is 2.51. The Labute approximate surface area is 105 Å². The van der Waals surface area contributed by atoms with Crippen LogP contribution in [0.2, 0.25) is 0 Å². The highest BCUT2D eigenvalue weighted by Gasteiger charge is 2.13. The predicted octanol–water partition coefficient (Wildman–Crippen LogP) is 2.43. The Morgan fingerprint density at radius 1 is 1.24 bits per heavy atom. The van der Waals surface area contributed by atoms with Gasteiger partial charge in [0.2, 0.25) is 0 Å². The zero-order chi connectivity index (χ0) is 12.1. The molecule has 0 radical (unpaired) electrons. The van der Waals surface area contributed by atoms with E-state index in [0.717, 1.165) is 19.5 Å². The summed E-state index contributed by atoms with van der Waals surface area (Å²) < 4.78 is 0. The molecule has 1 aromatic rings. The predicted molar refractivity (Wildman–Crippen MR) is 73.2 cm³/mol. The highest BCUT2D eigenvalue weighted by Crippen LogP contribution is 2.13. The Morgan fingerprint density at radius 3 is 2.76 bits per heavy atom. The zero-order valence-electron chi connectivity index (χ0n) is 11.1. The Morgan fingerprint density at radius 2 is 2.00 bits per heavy atom. The maximum Gasteiger partial charge on any atom is 0.0237 e. The number of nitrogens with zero attached hydrogens (tertiary/aromatic N) is 1. The molecule has 1 aliphatic rings. The minimum Gasteiger partial charge on any atom is -0.313 e. The highest BCUT2D eigenvalue weighted by molar-refractivity contribution is 5.26. The van der Waals surface area contributed by atoms with E-state index in [1.54, 1.807) is 0 Å². The summed E-state index contributed by atoms with van der Waals surface area (Å²) in [6.45, 7) is 9.14. The van der Waals surface area contributed by atoms with Gasteiger partial charge in [-0.25, -0.2) is 0 Å². The molecule has 1 N–H and O–H groups in total. The quantitative estimate of drug-likeness (QED) is 0.861. The average Bonchev–Trinajstić information content (AvgIpc) is 2.55. The molecule has 2 heteroatoms. The van der Waals surface area contributed by atoms with Crippen LogP contribution in [-0.2, 0) is 13.0 Å².